The van der Waals surface area contributed by atoms with Crippen molar-refractivity contribution < 1.29 is 0 Å². The minimum Gasteiger partial charge on any atom is -0.382 e. The lowest BCUT2D eigenvalue weighted by Crippen LogP contribution is -2.38. The summed E-state index contributed by atoms with van der Waals surface area (Å²) in [6, 6.07) is 50.4. The number of hydrogen-bond donors (Lipinski definition) is 4. The molecule has 474 valence electrons. The van der Waals surface area contributed by atoms with Gasteiger partial charge in [0, 0.05) is 81.0 Å². The van der Waals surface area contributed by atoms with E-state index in [1.54, 1.807) is 0 Å². The van der Waals surface area contributed by atoms with E-state index < -0.39 is 0 Å². The number of benzene rings is 5. The Hall–Kier alpha value is -5.10. The maximum atomic E-state index is 4.24. The van der Waals surface area contributed by atoms with Gasteiger partial charge in [0.05, 0.1) is 0 Å². The maximum absolute atomic E-state index is 4.24. The molecule has 5 aromatic carbocycles. The van der Waals surface area contributed by atoms with Crippen LogP contribution in [0.25, 0.3) is 0 Å². The van der Waals surface area contributed by atoms with Crippen molar-refractivity contribution in [3.8, 4) is 0 Å². The summed E-state index contributed by atoms with van der Waals surface area (Å²) in [5, 5.41) is 17.0. The van der Waals surface area contributed by atoms with Crippen LogP contribution in [0.15, 0.2) is 121 Å². The largest absolute Gasteiger partial charge is 0.382 e. The first-order chi connectivity index (χ1) is 43.6. The molecule has 6 nitrogen and oxygen atoms in total. The highest BCUT2D eigenvalue weighted by Crippen LogP contribution is 2.46. The van der Waals surface area contributed by atoms with Crippen LogP contribution in [0.1, 0.15) is 257 Å². The van der Waals surface area contributed by atoms with Crippen molar-refractivity contribution >= 4 is 56.9 Å². The summed E-state index contributed by atoms with van der Waals surface area (Å²) in [5.74, 6) is 6.28. The molecule has 88 heavy (non-hydrogen) atoms. The molecule has 8 aliphatic rings. The van der Waals surface area contributed by atoms with Crippen LogP contribution < -0.4 is 31.1 Å². The van der Waals surface area contributed by atoms with Crippen molar-refractivity contribution in [1.82, 2.24) is 0 Å². The van der Waals surface area contributed by atoms with Crippen molar-refractivity contribution in [3.63, 3.8) is 0 Å². The van der Waals surface area contributed by atoms with Gasteiger partial charge in [-0.15, -0.1) is 0 Å². The standard InChI is InChI=1S/C82H116N6/c1-9-25-61(26-10-1)79(62-27-11-2-12-28-62)83-69-41-49-73(50-42-69)87(74-51-43-70(44-52-74)84-80(63-29-13-3-14-30-63)64-31-15-4-16-32-64)77-57-59-78(60-58-77)88(75-53-45-71(46-54-75)85-81(65-33-17-5-18-34-65)66-35-19-6-20-36-66)76-55-47-72(48-56-76)86-82(67-37-21-7-22-38-67)68-39-23-8-24-40-68/h41-68,79-86H,1-40H2. The number of anilines is 10. The summed E-state index contributed by atoms with van der Waals surface area (Å²) in [6.07, 6.45) is 55.7. The van der Waals surface area contributed by atoms with E-state index in [4.69, 9.17) is 0 Å². The fourth-order valence-corrected chi connectivity index (χ4v) is 19.7. The van der Waals surface area contributed by atoms with Gasteiger partial charge in [0.25, 0.3) is 0 Å². The average molecular weight is 1190 g/mol. The van der Waals surface area contributed by atoms with Crippen molar-refractivity contribution in [1.29, 1.82) is 0 Å². The second-order valence-electron chi connectivity index (χ2n) is 30.2. The van der Waals surface area contributed by atoms with Gasteiger partial charge in [-0.2, -0.15) is 0 Å². The summed E-state index contributed by atoms with van der Waals surface area (Å²) in [5.41, 5.74) is 12.3. The summed E-state index contributed by atoms with van der Waals surface area (Å²) in [4.78, 5) is 5.04. The molecule has 6 heteroatoms. The van der Waals surface area contributed by atoms with Crippen molar-refractivity contribution in [3.05, 3.63) is 121 Å². The Morgan fingerprint density at radius 2 is 0.307 bits per heavy atom. The van der Waals surface area contributed by atoms with Gasteiger partial charge in [-0.05, 0) is 271 Å². The lowest BCUT2D eigenvalue weighted by molar-refractivity contribution is 0.219. The highest BCUT2D eigenvalue weighted by atomic mass is 15.2. The fraction of sp³-hybridized carbons (Fsp3) is 0.634. The molecular weight excluding hydrogens is 1070 g/mol. The normalized spacial score (nSPS) is 21.7. The summed E-state index contributed by atoms with van der Waals surface area (Å²) in [7, 11) is 0. The van der Waals surface area contributed by atoms with E-state index in [-0.39, 0.29) is 0 Å². The first-order valence-electron chi connectivity index (χ1n) is 37.8. The van der Waals surface area contributed by atoms with Crippen LogP contribution in [-0.4, -0.2) is 24.2 Å². The van der Waals surface area contributed by atoms with Gasteiger partial charge in [-0.1, -0.05) is 154 Å². The van der Waals surface area contributed by atoms with E-state index in [0.29, 0.717) is 24.2 Å². The Balaban J connectivity index is 0.819. The molecule has 0 aromatic heterocycles. The molecule has 0 bridgehead atoms. The molecular formula is C82H116N6. The van der Waals surface area contributed by atoms with Crippen LogP contribution in [0.5, 0.6) is 0 Å². The molecule has 8 aliphatic carbocycles. The summed E-state index contributed by atoms with van der Waals surface area (Å²) < 4.78 is 0. The molecule has 4 N–H and O–H groups in total. The quantitative estimate of drug-likeness (QED) is 0.0554. The second kappa shape index (κ2) is 31.3. The van der Waals surface area contributed by atoms with E-state index in [1.165, 1.54) is 314 Å². The Kier molecular flexibility index (Phi) is 21.9. The van der Waals surface area contributed by atoms with E-state index in [2.05, 4.69) is 152 Å². The third-order valence-electron chi connectivity index (χ3n) is 24.5. The molecule has 0 radical (unpaired) electrons. The molecule has 0 heterocycles. The zero-order valence-corrected chi connectivity index (χ0v) is 54.7. The molecule has 0 unspecified atom stereocenters. The van der Waals surface area contributed by atoms with E-state index in [0.717, 1.165) is 47.3 Å². The average Bonchev–Trinajstić information content (AvgIpc) is 2.76. The number of hydrogen-bond acceptors (Lipinski definition) is 6. The highest BCUT2D eigenvalue weighted by molar-refractivity contribution is 5.82. The number of nitrogens with one attached hydrogen (secondary N) is 4. The van der Waals surface area contributed by atoms with Gasteiger partial charge >= 0.3 is 0 Å². The third kappa shape index (κ3) is 15.8. The van der Waals surface area contributed by atoms with Crippen LogP contribution in [-0.2, 0) is 0 Å². The predicted molar refractivity (Wildman–Crippen MR) is 378 cm³/mol. The fourth-order valence-electron chi connectivity index (χ4n) is 19.7. The minimum atomic E-state index is 0.573. The first-order valence-corrected chi connectivity index (χ1v) is 37.8. The van der Waals surface area contributed by atoms with E-state index >= 15 is 0 Å². The number of rotatable bonds is 22. The molecule has 8 saturated carbocycles. The zero-order chi connectivity index (χ0) is 59.1. The van der Waals surface area contributed by atoms with Gasteiger partial charge < -0.3 is 31.1 Å². The van der Waals surface area contributed by atoms with Crippen LogP contribution in [0.3, 0.4) is 0 Å². The highest BCUT2D eigenvalue weighted by Gasteiger charge is 2.36. The van der Waals surface area contributed by atoms with E-state index in [9.17, 15) is 0 Å². The first kappa shape index (κ1) is 61.7. The van der Waals surface area contributed by atoms with Crippen LogP contribution in [0.2, 0.25) is 0 Å². The monoisotopic (exact) mass is 1180 g/mol. The van der Waals surface area contributed by atoms with Crippen molar-refractivity contribution in [2.75, 3.05) is 31.1 Å². The summed E-state index contributed by atoms with van der Waals surface area (Å²) in [6.45, 7) is 0. The van der Waals surface area contributed by atoms with Crippen molar-refractivity contribution in [2.24, 2.45) is 47.3 Å². The van der Waals surface area contributed by atoms with Crippen LogP contribution in [0.4, 0.5) is 56.9 Å². The Bertz CT molecular complexity index is 2340. The molecule has 5 aromatic rings. The number of nitrogens with zero attached hydrogens (tertiary/aromatic N) is 2. The van der Waals surface area contributed by atoms with Gasteiger partial charge in [0.2, 0.25) is 0 Å². The molecule has 0 saturated heterocycles. The lowest BCUT2D eigenvalue weighted by atomic mass is 9.73. The molecule has 0 atom stereocenters. The molecule has 8 fully saturated rings. The zero-order valence-electron chi connectivity index (χ0n) is 54.7. The van der Waals surface area contributed by atoms with Crippen molar-refractivity contribution in [2.45, 2.75) is 281 Å². The molecule has 13 rings (SSSR count). The Morgan fingerprint density at radius 1 is 0.182 bits per heavy atom. The Morgan fingerprint density at radius 3 is 0.443 bits per heavy atom. The molecule has 0 spiro atoms. The third-order valence-corrected chi connectivity index (χ3v) is 24.5. The second-order valence-corrected chi connectivity index (χ2v) is 30.2. The van der Waals surface area contributed by atoms with E-state index in [1.807, 2.05) is 0 Å². The van der Waals surface area contributed by atoms with Crippen LogP contribution >= 0.6 is 0 Å². The smallest absolute Gasteiger partial charge is 0.0463 e. The van der Waals surface area contributed by atoms with Crippen LogP contribution in [0, 0.1) is 47.3 Å². The maximum Gasteiger partial charge on any atom is 0.0463 e. The topological polar surface area (TPSA) is 54.6 Å². The Labute approximate surface area is 534 Å². The SMILES string of the molecule is c1cc(N(c2ccc(NC(C3CCCCC3)C3CCCCC3)cc2)c2ccc(N(c3ccc(NC(C4CCCCC4)C4CCCCC4)cc3)c3ccc(NC(C4CCCCC4)C4CCCCC4)cc3)cc2)ccc1NC(C1CCCCC1)C1CCCCC1. The predicted octanol–water partition coefficient (Wildman–Crippen LogP) is 24.4. The molecule has 0 aliphatic heterocycles. The van der Waals surface area contributed by atoms with Gasteiger partial charge in [-0.25, -0.2) is 0 Å². The van der Waals surface area contributed by atoms with Gasteiger partial charge in [0.15, 0.2) is 0 Å². The minimum absolute atomic E-state index is 0.573. The molecule has 0 amide bonds. The summed E-state index contributed by atoms with van der Waals surface area (Å²) >= 11 is 0. The lowest BCUT2D eigenvalue weighted by Gasteiger charge is -2.39. The van der Waals surface area contributed by atoms with Gasteiger partial charge in [-0.3, -0.25) is 0 Å². The van der Waals surface area contributed by atoms with Gasteiger partial charge in [0.1, 0.15) is 0 Å².